The van der Waals surface area contributed by atoms with E-state index in [1.807, 2.05) is 32.8 Å². The van der Waals surface area contributed by atoms with Gasteiger partial charge in [0, 0.05) is 18.2 Å². The van der Waals surface area contributed by atoms with E-state index in [1.165, 1.54) is 12.1 Å². The van der Waals surface area contributed by atoms with E-state index in [2.05, 4.69) is 4.72 Å². The number of sulfonamides is 1. The second-order valence-corrected chi connectivity index (χ2v) is 6.79. The Morgan fingerprint density at radius 3 is 2.57 bits per heavy atom. The minimum atomic E-state index is -3.60. The zero-order chi connectivity index (χ0) is 16.0. The molecule has 0 aromatic heterocycles. The van der Waals surface area contributed by atoms with E-state index >= 15 is 0 Å². The van der Waals surface area contributed by atoms with Crippen LogP contribution >= 0.6 is 0 Å². The van der Waals surface area contributed by atoms with Crippen molar-refractivity contribution in [3.63, 3.8) is 0 Å². The lowest BCUT2D eigenvalue weighted by Gasteiger charge is -2.20. The monoisotopic (exact) mass is 316 g/mol. The smallest absolute Gasteiger partial charge is 0.240 e. The van der Waals surface area contributed by atoms with E-state index in [0.29, 0.717) is 24.5 Å². The Hall–Kier alpha value is -1.15. The highest BCUT2D eigenvalue weighted by Gasteiger charge is 2.17. The molecule has 1 aromatic carbocycles. The van der Waals surface area contributed by atoms with Crippen LogP contribution in [0.4, 0.5) is 0 Å². The average Bonchev–Trinajstić information content (AvgIpc) is 2.45. The maximum Gasteiger partial charge on any atom is 0.240 e. The van der Waals surface area contributed by atoms with Crippen LogP contribution in [0.2, 0.25) is 0 Å². The zero-order valence-electron chi connectivity index (χ0n) is 13.0. The Bertz CT molecular complexity index is 558. The van der Waals surface area contributed by atoms with Gasteiger partial charge in [-0.3, -0.25) is 0 Å². The number of rotatable bonds is 8. The van der Waals surface area contributed by atoms with Crippen molar-refractivity contribution in [1.29, 1.82) is 0 Å². The lowest BCUT2D eigenvalue weighted by atomic mass is 10.2. The molecule has 21 heavy (non-hydrogen) atoms. The third-order valence-electron chi connectivity index (χ3n) is 3.26. The molecule has 1 unspecified atom stereocenters. The molecule has 0 amide bonds. The summed E-state index contributed by atoms with van der Waals surface area (Å²) in [5.41, 5.74) is 0.459. The molecule has 0 aliphatic carbocycles. The molecule has 0 saturated carbocycles. The van der Waals surface area contributed by atoms with E-state index in [1.54, 1.807) is 6.07 Å². The number of likely N-dealkylation sites (N-methyl/N-ethyl adjacent to an activating group) is 1. The molecule has 0 bridgehead atoms. The number of hydrogen-bond donors (Lipinski definition) is 2. The van der Waals surface area contributed by atoms with E-state index in [9.17, 15) is 13.5 Å². The van der Waals surface area contributed by atoms with Crippen LogP contribution in [0.1, 0.15) is 19.4 Å². The maximum absolute atomic E-state index is 12.2. The largest absolute Gasteiger partial charge is 0.494 e. The van der Waals surface area contributed by atoms with Crippen LogP contribution in [0.15, 0.2) is 23.1 Å². The molecule has 7 heteroatoms. The molecule has 2 N–H and O–H groups in total. The van der Waals surface area contributed by atoms with Crippen LogP contribution in [-0.4, -0.2) is 51.7 Å². The lowest BCUT2D eigenvalue weighted by molar-refractivity contribution is 0.266. The molecule has 0 aliphatic heterocycles. The van der Waals surface area contributed by atoms with Crippen LogP contribution in [0.25, 0.3) is 0 Å². The summed E-state index contributed by atoms with van der Waals surface area (Å²) in [4.78, 5) is 2.06. The van der Waals surface area contributed by atoms with Gasteiger partial charge in [0.1, 0.15) is 5.75 Å². The van der Waals surface area contributed by atoms with Gasteiger partial charge in [-0.15, -0.1) is 0 Å². The summed E-state index contributed by atoms with van der Waals surface area (Å²) < 4.78 is 32.4. The summed E-state index contributed by atoms with van der Waals surface area (Å²) in [6.07, 6.45) is 0. The van der Waals surface area contributed by atoms with Gasteiger partial charge < -0.3 is 14.7 Å². The number of nitrogens with one attached hydrogen (secondary N) is 1. The van der Waals surface area contributed by atoms with Crippen molar-refractivity contribution >= 4 is 10.0 Å². The molecule has 1 rings (SSSR count). The fourth-order valence-electron chi connectivity index (χ4n) is 1.64. The van der Waals surface area contributed by atoms with Gasteiger partial charge in [-0.25, -0.2) is 13.1 Å². The molecule has 1 atom stereocenters. The summed E-state index contributed by atoms with van der Waals surface area (Å²) in [7, 11) is 0.181. The summed E-state index contributed by atoms with van der Waals surface area (Å²) in [5, 5.41) is 9.32. The fourth-order valence-corrected chi connectivity index (χ4v) is 2.81. The molecular formula is C14H24N2O4S. The third kappa shape index (κ3) is 4.96. The number of nitrogens with zero attached hydrogens (tertiary/aromatic N) is 1. The van der Waals surface area contributed by atoms with E-state index < -0.39 is 10.0 Å². The molecule has 120 valence electrons. The van der Waals surface area contributed by atoms with Crippen LogP contribution in [-0.2, 0) is 16.6 Å². The SMILES string of the molecule is CCOc1ccc(S(=O)(=O)NCC(C)N(C)C)cc1CO. The first-order chi connectivity index (χ1) is 9.81. The zero-order valence-corrected chi connectivity index (χ0v) is 13.8. The van der Waals surface area contributed by atoms with Crippen LogP contribution in [0.3, 0.4) is 0 Å². The van der Waals surface area contributed by atoms with E-state index in [-0.39, 0.29) is 17.5 Å². The Morgan fingerprint density at radius 1 is 1.38 bits per heavy atom. The quantitative estimate of drug-likeness (QED) is 0.742. The van der Waals surface area contributed by atoms with Crippen molar-refractivity contribution in [2.75, 3.05) is 27.2 Å². The highest BCUT2D eigenvalue weighted by molar-refractivity contribution is 7.89. The Labute approximate surface area is 126 Å². The van der Waals surface area contributed by atoms with Gasteiger partial charge in [0.15, 0.2) is 0 Å². The molecule has 6 nitrogen and oxygen atoms in total. The van der Waals surface area contributed by atoms with Crippen molar-refractivity contribution in [2.45, 2.75) is 31.4 Å². The van der Waals surface area contributed by atoms with E-state index in [0.717, 1.165) is 0 Å². The summed E-state index contributed by atoms with van der Waals surface area (Å²) in [6.45, 7) is 4.26. The van der Waals surface area contributed by atoms with Gasteiger partial charge in [0.05, 0.1) is 18.1 Å². The number of aliphatic hydroxyl groups excluding tert-OH is 1. The van der Waals surface area contributed by atoms with Crippen LogP contribution in [0, 0.1) is 0 Å². The summed E-state index contributed by atoms with van der Waals surface area (Å²) in [5.74, 6) is 0.501. The number of benzene rings is 1. The standard InChI is InChI=1S/C14H24N2O4S/c1-5-20-14-7-6-13(8-12(14)10-17)21(18,19)15-9-11(2)16(3)4/h6-8,11,15,17H,5,9-10H2,1-4H3. The summed E-state index contributed by atoms with van der Waals surface area (Å²) in [6, 6.07) is 4.57. The normalized spacial score (nSPS) is 13.4. The van der Waals surface area contributed by atoms with Crippen LogP contribution in [0.5, 0.6) is 5.75 Å². The fraction of sp³-hybridized carbons (Fsp3) is 0.571. The second-order valence-electron chi connectivity index (χ2n) is 5.03. The van der Waals surface area contributed by atoms with Crippen LogP contribution < -0.4 is 9.46 Å². The predicted octanol–water partition coefficient (Wildman–Crippen LogP) is 0.806. The van der Waals surface area contributed by atoms with Crippen molar-refractivity contribution in [3.8, 4) is 5.75 Å². The molecule has 0 heterocycles. The number of ether oxygens (including phenoxy) is 1. The Balaban J connectivity index is 2.93. The Morgan fingerprint density at radius 2 is 2.05 bits per heavy atom. The van der Waals surface area contributed by atoms with Gasteiger partial charge in [-0.05, 0) is 46.1 Å². The van der Waals surface area contributed by atoms with Gasteiger partial charge in [-0.1, -0.05) is 0 Å². The molecule has 0 radical (unpaired) electrons. The number of aliphatic hydroxyl groups is 1. The highest BCUT2D eigenvalue weighted by Crippen LogP contribution is 2.22. The minimum absolute atomic E-state index is 0.0831. The topological polar surface area (TPSA) is 78.9 Å². The molecular weight excluding hydrogens is 292 g/mol. The van der Waals surface area contributed by atoms with Gasteiger partial charge in [0.25, 0.3) is 0 Å². The molecule has 0 aliphatic rings. The second kappa shape index (κ2) is 7.74. The Kier molecular flexibility index (Phi) is 6.60. The van der Waals surface area contributed by atoms with Gasteiger partial charge in [-0.2, -0.15) is 0 Å². The lowest BCUT2D eigenvalue weighted by Crippen LogP contribution is -2.38. The van der Waals surface area contributed by atoms with Crippen molar-refractivity contribution in [2.24, 2.45) is 0 Å². The maximum atomic E-state index is 12.2. The molecule has 0 saturated heterocycles. The first-order valence-electron chi connectivity index (χ1n) is 6.84. The summed E-state index contributed by atoms with van der Waals surface area (Å²) >= 11 is 0. The van der Waals surface area contributed by atoms with Crippen molar-refractivity contribution in [3.05, 3.63) is 23.8 Å². The molecule has 0 fully saturated rings. The van der Waals surface area contributed by atoms with Gasteiger partial charge >= 0.3 is 0 Å². The minimum Gasteiger partial charge on any atom is -0.494 e. The molecule has 0 spiro atoms. The van der Waals surface area contributed by atoms with Crippen molar-refractivity contribution < 1.29 is 18.3 Å². The van der Waals surface area contributed by atoms with E-state index in [4.69, 9.17) is 4.74 Å². The van der Waals surface area contributed by atoms with Gasteiger partial charge in [0.2, 0.25) is 10.0 Å². The predicted molar refractivity (Wildman–Crippen MR) is 81.9 cm³/mol. The number of hydrogen-bond acceptors (Lipinski definition) is 5. The highest BCUT2D eigenvalue weighted by atomic mass is 32.2. The average molecular weight is 316 g/mol. The molecule has 1 aromatic rings. The first kappa shape index (κ1) is 17.9. The first-order valence-corrected chi connectivity index (χ1v) is 8.32. The van der Waals surface area contributed by atoms with Crippen molar-refractivity contribution in [1.82, 2.24) is 9.62 Å². The third-order valence-corrected chi connectivity index (χ3v) is 4.68.